The summed E-state index contributed by atoms with van der Waals surface area (Å²) in [5.74, 6) is -0.632. The molecule has 0 aliphatic carbocycles. The molecule has 0 aromatic carbocycles. The van der Waals surface area contributed by atoms with Gasteiger partial charge in [0.15, 0.2) is 12.2 Å². The molecule has 0 saturated carbocycles. The van der Waals surface area contributed by atoms with E-state index in [4.69, 9.17) is 37.0 Å². The fourth-order valence-electron chi connectivity index (χ4n) is 11.8. The molecule has 0 heterocycles. The Labute approximate surface area is 588 Å². The number of aliphatic hydroxyl groups excluding tert-OH is 1. The van der Waals surface area contributed by atoms with Crippen molar-refractivity contribution >= 4 is 39.5 Å². The summed E-state index contributed by atoms with van der Waals surface area (Å²) in [4.78, 5) is 72.9. The van der Waals surface area contributed by atoms with Crippen LogP contribution in [-0.4, -0.2) is 96.7 Å². The molecule has 19 heteroatoms. The lowest BCUT2D eigenvalue weighted by atomic mass is 10.00. The number of ether oxygens (including phenoxy) is 4. The van der Waals surface area contributed by atoms with Crippen molar-refractivity contribution in [1.82, 2.24) is 0 Å². The first-order valence-electron chi connectivity index (χ1n) is 40.0. The highest BCUT2D eigenvalue weighted by atomic mass is 31.2. The van der Waals surface area contributed by atoms with E-state index in [-0.39, 0.29) is 25.7 Å². The maximum Gasteiger partial charge on any atom is 0.472 e. The smallest absolute Gasteiger partial charge is 0.462 e. The maximum atomic E-state index is 13.1. The molecule has 0 rings (SSSR count). The minimum atomic E-state index is -4.96. The molecule has 0 saturated heterocycles. The summed E-state index contributed by atoms with van der Waals surface area (Å²) in [6, 6.07) is 0. The molecular weight excluding hydrogens is 1260 g/mol. The Morgan fingerprint density at radius 3 is 0.792 bits per heavy atom. The zero-order valence-corrected chi connectivity index (χ0v) is 64.5. The molecule has 6 atom stereocenters. The number of carbonyl (C=O) groups is 4. The second kappa shape index (κ2) is 68.8. The van der Waals surface area contributed by atoms with Crippen LogP contribution in [0.25, 0.3) is 0 Å². The van der Waals surface area contributed by atoms with Crippen LogP contribution >= 0.6 is 15.6 Å². The Hall–Kier alpha value is -1.94. The van der Waals surface area contributed by atoms with Gasteiger partial charge in [0.25, 0.3) is 0 Å². The molecule has 0 aromatic heterocycles. The molecular formula is C77H150O17P2. The average Bonchev–Trinajstić information content (AvgIpc) is 1.62. The Morgan fingerprint density at radius 1 is 0.302 bits per heavy atom. The van der Waals surface area contributed by atoms with Crippen LogP contribution in [-0.2, 0) is 65.4 Å². The van der Waals surface area contributed by atoms with Crippen LogP contribution in [0.2, 0.25) is 0 Å². The fraction of sp³-hybridized carbons (Fsp3) is 0.948. The molecule has 0 spiro atoms. The van der Waals surface area contributed by atoms with Gasteiger partial charge in [-0.05, 0) is 37.5 Å². The van der Waals surface area contributed by atoms with Crippen LogP contribution in [0.4, 0.5) is 0 Å². The Morgan fingerprint density at radius 2 is 0.531 bits per heavy atom. The summed E-state index contributed by atoms with van der Waals surface area (Å²) in [6.07, 6.45) is 56.9. The van der Waals surface area contributed by atoms with E-state index in [1.807, 2.05) is 0 Å². The number of rotatable bonds is 76. The van der Waals surface area contributed by atoms with Crippen LogP contribution < -0.4 is 0 Å². The van der Waals surface area contributed by atoms with Gasteiger partial charge in [0, 0.05) is 25.7 Å². The number of phosphoric ester groups is 2. The van der Waals surface area contributed by atoms with E-state index < -0.39 is 97.5 Å². The molecule has 3 unspecified atom stereocenters. The van der Waals surface area contributed by atoms with Crippen LogP contribution in [0.5, 0.6) is 0 Å². The first-order valence-corrected chi connectivity index (χ1v) is 43.0. The van der Waals surface area contributed by atoms with Crippen molar-refractivity contribution < 1.29 is 80.2 Å². The molecule has 570 valence electrons. The first-order chi connectivity index (χ1) is 46.4. The van der Waals surface area contributed by atoms with E-state index in [1.165, 1.54) is 212 Å². The van der Waals surface area contributed by atoms with Gasteiger partial charge in [-0.1, -0.05) is 350 Å². The van der Waals surface area contributed by atoms with Gasteiger partial charge < -0.3 is 33.8 Å². The lowest BCUT2D eigenvalue weighted by Gasteiger charge is -2.21. The molecule has 0 aliphatic heterocycles. The Kier molecular flexibility index (Phi) is 67.4. The van der Waals surface area contributed by atoms with Crippen molar-refractivity contribution in [2.75, 3.05) is 39.6 Å². The summed E-state index contributed by atoms with van der Waals surface area (Å²) in [6.45, 7) is 9.56. The average molecular weight is 1410 g/mol. The molecule has 0 radical (unpaired) electrons. The van der Waals surface area contributed by atoms with Crippen LogP contribution in [0.1, 0.15) is 401 Å². The number of hydrogen-bond acceptors (Lipinski definition) is 15. The Balaban J connectivity index is 5.25. The number of aliphatic hydroxyl groups is 1. The highest BCUT2D eigenvalue weighted by molar-refractivity contribution is 7.47. The van der Waals surface area contributed by atoms with Crippen molar-refractivity contribution in [2.24, 2.45) is 11.8 Å². The van der Waals surface area contributed by atoms with Gasteiger partial charge >= 0.3 is 39.5 Å². The van der Waals surface area contributed by atoms with E-state index in [0.717, 1.165) is 108 Å². The SMILES string of the molecule is CCCCCCCCCCCCCCCCCCCCC(=O)O[C@H](COC(=O)CCCCCCCCCCCCCCCCC)COP(=O)(O)OC[C@@H](O)COP(=O)(O)OC[C@@H](COC(=O)CCCCCCCCC(C)CC)OC(=O)CCCCCCCCCCCCC(C)C. The second-order valence-corrected chi connectivity index (χ2v) is 31.4. The number of phosphoric acid groups is 2. The van der Waals surface area contributed by atoms with Gasteiger partial charge in [0.1, 0.15) is 19.3 Å². The molecule has 3 N–H and O–H groups in total. The number of esters is 4. The van der Waals surface area contributed by atoms with E-state index in [1.54, 1.807) is 0 Å². The van der Waals surface area contributed by atoms with Crippen molar-refractivity contribution in [2.45, 2.75) is 419 Å². The van der Waals surface area contributed by atoms with Gasteiger partial charge in [0.2, 0.25) is 0 Å². The molecule has 0 bridgehead atoms. The lowest BCUT2D eigenvalue weighted by Crippen LogP contribution is -2.30. The molecule has 0 aliphatic rings. The molecule has 0 aromatic rings. The quantitative estimate of drug-likeness (QED) is 0.0222. The predicted molar refractivity (Wildman–Crippen MR) is 391 cm³/mol. The molecule has 0 fully saturated rings. The van der Waals surface area contributed by atoms with Gasteiger partial charge in [-0.25, -0.2) is 9.13 Å². The monoisotopic (exact) mass is 1410 g/mol. The van der Waals surface area contributed by atoms with Crippen molar-refractivity contribution in [1.29, 1.82) is 0 Å². The maximum absolute atomic E-state index is 13.1. The molecule has 0 amide bonds. The van der Waals surface area contributed by atoms with E-state index >= 15 is 0 Å². The van der Waals surface area contributed by atoms with Crippen LogP contribution in [0.15, 0.2) is 0 Å². The third kappa shape index (κ3) is 69.2. The summed E-state index contributed by atoms with van der Waals surface area (Å²) in [7, 11) is -9.91. The highest BCUT2D eigenvalue weighted by Crippen LogP contribution is 2.45. The predicted octanol–water partition coefficient (Wildman–Crippen LogP) is 22.7. The standard InChI is InChI=1S/C77H150O17P2/c1-7-10-12-14-16-18-20-22-24-25-26-28-30-32-37-41-49-55-61-76(81)93-72(65-87-74(79)59-53-47-40-36-31-29-27-23-21-19-17-15-13-11-8-2)67-91-95(83,84)89-63-71(78)64-90-96(85,86)92-68-73(66-88-75(80)60-54-48-44-43-46-52-58-70(6)9-3)94-77(82)62-56-50-42-38-34-33-35-39-45-51-57-69(4)5/h69-73,78H,7-68H2,1-6H3,(H,83,84)(H,85,86)/t70?,71-,72-,73-/m1/s1. The minimum Gasteiger partial charge on any atom is -0.462 e. The highest BCUT2D eigenvalue weighted by Gasteiger charge is 2.30. The van der Waals surface area contributed by atoms with Crippen molar-refractivity contribution in [3.8, 4) is 0 Å². The number of hydrogen-bond donors (Lipinski definition) is 3. The van der Waals surface area contributed by atoms with Gasteiger partial charge in [0.05, 0.1) is 26.4 Å². The summed E-state index contributed by atoms with van der Waals surface area (Å²) in [5.41, 5.74) is 0. The summed E-state index contributed by atoms with van der Waals surface area (Å²) < 4.78 is 68.6. The molecule has 17 nitrogen and oxygen atoms in total. The fourth-order valence-corrected chi connectivity index (χ4v) is 13.4. The van der Waals surface area contributed by atoms with E-state index in [2.05, 4.69) is 41.5 Å². The second-order valence-electron chi connectivity index (χ2n) is 28.5. The van der Waals surface area contributed by atoms with E-state index in [0.29, 0.717) is 25.7 Å². The van der Waals surface area contributed by atoms with Crippen LogP contribution in [0, 0.1) is 11.8 Å². The summed E-state index contributed by atoms with van der Waals surface area (Å²) in [5, 5.41) is 10.6. The van der Waals surface area contributed by atoms with Crippen molar-refractivity contribution in [3.63, 3.8) is 0 Å². The van der Waals surface area contributed by atoms with Gasteiger partial charge in [-0.3, -0.25) is 37.3 Å². The third-order valence-electron chi connectivity index (χ3n) is 18.3. The van der Waals surface area contributed by atoms with E-state index in [9.17, 15) is 43.2 Å². The number of carbonyl (C=O) groups excluding carboxylic acids is 4. The summed E-state index contributed by atoms with van der Waals surface area (Å²) >= 11 is 0. The normalized spacial score (nSPS) is 14.3. The zero-order valence-electron chi connectivity index (χ0n) is 62.7. The topological polar surface area (TPSA) is 237 Å². The third-order valence-corrected chi connectivity index (χ3v) is 20.2. The lowest BCUT2D eigenvalue weighted by molar-refractivity contribution is -0.161. The van der Waals surface area contributed by atoms with Gasteiger partial charge in [-0.15, -0.1) is 0 Å². The number of unbranched alkanes of at least 4 members (excludes halogenated alkanes) is 45. The molecule has 96 heavy (non-hydrogen) atoms. The minimum absolute atomic E-state index is 0.105. The Bertz CT molecular complexity index is 1860. The van der Waals surface area contributed by atoms with Crippen LogP contribution in [0.3, 0.4) is 0 Å². The van der Waals surface area contributed by atoms with Gasteiger partial charge in [-0.2, -0.15) is 0 Å². The first kappa shape index (κ1) is 94.1. The van der Waals surface area contributed by atoms with Crippen molar-refractivity contribution in [3.05, 3.63) is 0 Å². The largest absolute Gasteiger partial charge is 0.472 e. The zero-order chi connectivity index (χ0) is 70.7.